The Labute approximate surface area is 111 Å². The molecule has 17 heavy (non-hydrogen) atoms. The summed E-state index contributed by atoms with van der Waals surface area (Å²) in [5.74, 6) is -0.373. The zero-order valence-corrected chi connectivity index (χ0v) is 11.5. The molecule has 0 aliphatic carbocycles. The molecule has 0 radical (unpaired) electrons. The SMILES string of the molecule is CCOC(=O)CSc1cc(Br)ccc1C(F)F. The monoisotopic (exact) mass is 324 g/mol. The van der Waals surface area contributed by atoms with Crippen molar-refractivity contribution in [3.8, 4) is 0 Å². The summed E-state index contributed by atoms with van der Waals surface area (Å²) >= 11 is 4.26. The molecule has 0 fully saturated rings. The fourth-order valence-corrected chi connectivity index (χ4v) is 2.56. The molecule has 1 aromatic rings. The molecule has 0 saturated heterocycles. The third-order valence-electron chi connectivity index (χ3n) is 1.86. The maximum atomic E-state index is 12.7. The maximum absolute atomic E-state index is 12.7. The van der Waals surface area contributed by atoms with Gasteiger partial charge in [-0.1, -0.05) is 22.0 Å². The second-order valence-electron chi connectivity index (χ2n) is 3.08. The molecule has 0 unspecified atom stereocenters. The molecule has 0 spiro atoms. The van der Waals surface area contributed by atoms with Crippen molar-refractivity contribution in [1.82, 2.24) is 0 Å². The van der Waals surface area contributed by atoms with Crippen LogP contribution in [-0.4, -0.2) is 18.3 Å². The first-order valence-corrected chi connectivity index (χ1v) is 6.68. The minimum Gasteiger partial charge on any atom is -0.465 e. The molecular weight excluding hydrogens is 314 g/mol. The standard InChI is InChI=1S/C11H11BrF2O2S/c1-2-16-10(15)6-17-9-5-7(12)3-4-8(9)11(13)14/h3-5,11H,2,6H2,1H3. The molecule has 0 aliphatic heterocycles. The number of hydrogen-bond donors (Lipinski definition) is 0. The predicted molar refractivity (Wildman–Crippen MR) is 66.5 cm³/mol. The first-order valence-electron chi connectivity index (χ1n) is 4.90. The molecule has 1 rings (SSSR count). The number of thioether (sulfide) groups is 1. The van der Waals surface area contributed by atoms with Crippen molar-refractivity contribution >= 4 is 33.7 Å². The van der Waals surface area contributed by atoms with E-state index in [1.807, 2.05) is 0 Å². The van der Waals surface area contributed by atoms with Gasteiger partial charge >= 0.3 is 5.97 Å². The summed E-state index contributed by atoms with van der Waals surface area (Å²) in [6.07, 6.45) is -2.55. The van der Waals surface area contributed by atoms with Crippen molar-refractivity contribution in [3.05, 3.63) is 28.2 Å². The van der Waals surface area contributed by atoms with Crippen LogP contribution < -0.4 is 0 Å². The molecule has 94 valence electrons. The largest absolute Gasteiger partial charge is 0.465 e. The van der Waals surface area contributed by atoms with E-state index in [0.29, 0.717) is 16.0 Å². The topological polar surface area (TPSA) is 26.3 Å². The molecule has 0 saturated carbocycles. The third-order valence-corrected chi connectivity index (χ3v) is 3.40. The molecule has 0 heterocycles. The van der Waals surface area contributed by atoms with Gasteiger partial charge in [0.15, 0.2) is 0 Å². The summed E-state index contributed by atoms with van der Waals surface area (Å²) in [4.78, 5) is 11.5. The van der Waals surface area contributed by atoms with Crippen LogP contribution in [0.3, 0.4) is 0 Å². The highest BCUT2D eigenvalue weighted by Crippen LogP contribution is 2.32. The molecule has 0 aliphatic rings. The van der Waals surface area contributed by atoms with E-state index in [2.05, 4.69) is 15.9 Å². The number of hydrogen-bond acceptors (Lipinski definition) is 3. The smallest absolute Gasteiger partial charge is 0.316 e. The molecule has 0 aromatic heterocycles. The van der Waals surface area contributed by atoms with E-state index in [9.17, 15) is 13.6 Å². The van der Waals surface area contributed by atoms with Crippen LogP contribution in [0, 0.1) is 0 Å². The molecule has 0 N–H and O–H groups in total. The lowest BCUT2D eigenvalue weighted by atomic mass is 10.2. The normalized spacial score (nSPS) is 10.6. The van der Waals surface area contributed by atoms with Crippen molar-refractivity contribution in [3.63, 3.8) is 0 Å². The minimum atomic E-state index is -2.55. The van der Waals surface area contributed by atoms with E-state index in [1.165, 1.54) is 6.07 Å². The second-order valence-corrected chi connectivity index (χ2v) is 5.01. The van der Waals surface area contributed by atoms with Crippen LogP contribution >= 0.6 is 27.7 Å². The van der Waals surface area contributed by atoms with Crippen LogP contribution in [0.15, 0.2) is 27.6 Å². The van der Waals surface area contributed by atoms with Crippen LogP contribution in [0.25, 0.3) is 0 Å². The predicted octanol–water partition coefficient (Wildman–Crippen LogP) is 4.04. The van der Waals surface area contributed by atoms with Gasteiger partial charge in [-0.25, -0.2) is 8.78 Å². The van der Waals surface area contributed by atoms with Crippen LogP contribution in [0.5, 0.6) is 0 Å². The number of halogens is 3. The maximum Gasteiger partial charge on any atom is 0.316 e. The Balaban J connectivity index is 2.75. The molecule has 2 nitrogen and oxygen atoms in total. The van der Waals surface area contributed by atoms with Crippen molar-refractivity contribution in [2.24, 2.45) is 0 Å². The number of esters is 1. The Morgan fingerprint density at radius 1 is 1.53 bits per heavy atom. The minimum absolute atomic E-state index is 0.0318. The van der Waals surface area contributed by atoms with Gasteiger partial charge < -0.3 is 4.74 Å². The summed E-state index contributed by atoms with van der Waals surface area (Å²) in [7, 11) is 0. The zero-order valence-electron chi connectivity index (χ0n) is 9.08. The van der Waals surface area contributed by atoms with Crippen molar-refractivity contribution in [2.75, 3.05) is 12.4 Å². The number of ether oxygens (including phenoxy) is 1. The average molecular weight is 325 g/mol. The lowest BCUT2D eigenvalue weighted by Crippen LogP contribution is -2.06. The summed E-state index contributed by atoms with van der Waals surface area (Å²) in [5, 5.41) is 0. The molecule has 6 heteroatoms. The molecule has 0 amide bonds. The van der Waals surface area contributed by atoms with Gasteiger partial charge in [0.2, 0.25) is 0 Å². The number of rotatable bonds is 5. The van der Waals surface area contributed by atoms with Crippen LogP contribution in [0.4, 0.5) is 8.78 Å². The van der Waals surface area contributed by atoms with Crippen molar-refractivity contribution < 1.29 is 18.3 Å². The van der Waals surface area contributed by atoms with Crippen LogP contribution in [-0.2, 0) is 9.53 Å². The van der Waals surface area contributed by atoms with Crippen molar-refractivity contribution in [1.29, 1.82) is 0 Å². The molecular formula is C11H11BrF2O2S. The number of benzene rings is 1. The van der Waals surface area contributed by atoms with E-state index < -0.39 is 12.4 Å². The lowest BCUT2D eigenvalue weighted by Gasteiger charge is -2.08. The Morgan fingerprint density at radius 3 is 2.82 bits per heavy atom. The van der Waals surface area contributed by atoms with E-state index >= 15 is 0 Å². The second kappa shape index (κ2) is 6.96. The third kappa shape index (κ3) is 4.63. The summed E-state index contributed by atoms with van der Waals surface area (Å²) < 4.78 is 30.8. The molecule has 0 bridgehead atoms. The Morgan fingerprint density at radius 2 is 2.24 bits per heavy atom. The van der Waals surface area contributed by atoms with E-state index in [4.69, 9.17) is 4.74 Å². The van der Waals surface area contributed by atoms with Gasteiger partial charge in [-0.05, 0) is 19.1 Å². The summed E-state index contributed by atoms with van der Waals surface area (Å²) in [6, 6.07) is 4.48. The van der Waals surface area contributed by atoms with E-state index in [0.717, 1.165) is 11.8 Å². The van der Waals surface area contributed by atoms with Gasteiger partial charge in [-0.3, -0.25) is 4.79 Å². The van der Waals surface area contributed by atoms with Crippen molar-refractivity contribution in [2.45, 2.75) is 18.2 Å². The highest BCUT2D eigenvalue weighted by molar-refractivity contribution is 9.10. The highest BCUT2D eigenvalue weighted by Gasteiger charge is 2.14. The van der Waals surface area contributed by atoms with Gasteiger partial charge in [0.1, 0.15) is 0 Å². The highest BCUT2D eigenvalue weighted by atomic mass is 79.9. The molecule has 0 atom stereocenters. The number of carbonyl (C=O) groups excluding carboxylic acids is 1. The number of carbonyl (C=O) groups is 1. The Kier molecular flexibility index (Phi) is 5.91. The molecule has 1 aromatic carbocycles. The van der Waals surface area contributed by atoms with Gasteiger partial charge in [-0.15, -0.1) is 11.8 Å². The summed E-state index contributed by atoms with van der Waals surface area (Å²) in [6.45, 7) is 1.99. The van der Waals surface area contributed by atoms with Gasteiger partial charge in [0.25, 0.3) is 6.43 Å². The zero-order chi connectivity index (χ0) is 12.8. The number of alkyl halides is 2. The fourth-order valence-electron chi connectivity index (χ4n) is 1.15. The fraction of sp³-hybridized carbons (Fsp3) is 0.364. The Hall–Kier alpha value is -0.620. The first-order chi connectivity index (χ1) is 8.04. The quantitative estimate of drug-likeness (QED) is 0.604. The van der Waals surface area contributed by atoms with Gasteiger partial charge in [0, 0.05) is 14.9 Å². The van der Waals surface area contributed by atoms with Crippen LogP contribution in [0.1, 0.15) is 18.9 Å². The average Bonchev–Trinajstić information content (AvgIpc) is 2.26. The van der Waals surface area contributed by atoms with E-state index in [-0.39, 0.29) is 11.3 Å². The van der Waals surface area contributed by atoms with E-state index in [1.54, 1.807) is 19.1 Å². The van der Waals surface area contributed by atoms with Crippen LogP contribution in [0.2, 0.25) is 0 Å². The summed E-state index contributed by atoms with van der Waals surface area (Å²) in [5.41, 5.74) is -0.0671. The van der Waals surface area contributed by atoms with Gasteiger partial charge in [-0.2, -0.15) is 0 Å². The van der Waals surface area contributed by atoms with Gasteiger partial charge in [0.05, 0.1) is 12.4 Å². The first kappa shape index (κ1) is 14.4. The Bertz CT molecular complexity index is 399. The lowest BCUT2D eigenvalue weighted by molar-refractivity contribution is -0.139.